The Morgan fingerprint density at radius 2 is 1.19 bits per heavy atom. The number of amides is 13. The van der Waals surface area contributed by atoms with Gasteiger partial charge in [0.1, 0.15) is 84.3 Å². The molecule has 2 fully saturated rings. The summed E-state index contributed by atoms with van der Waals surface area (Å²) in [5.74, 6) is -15.0. The van der Waals surface area contributed by atoms with Crippen LogP contribution in [-0.2, 0) is 84.8 Å². The molecule has 16 atom stereocenters. The van der Waals surface area contributed by atoms with Gasteiger partial charge in [-0.1, -0.05) is 173 Å². The summed E-state index contributed by atoms with van der Waals surface area (Å²) < 4.78 is 6.01. The number of ether oxygens (including phenoxy) is 1. The molecule has 1 aromatic heterocycles. The molecule has 3 heterocycles. The first kappa shape index (κ1) is 94.5. The van der Waals surface area contributed by atoms with Gasteiger partial charge in [-0.25, -0.2) is 4.79 Å². The molecule has 2 aliphatic heterocycles. The van der Waals surface area contributed by atoms with Gasteiger partial charge in [0.25, 0.3) is 5.91 Å². The largest absolute Gasteiger partial charge is 0.458 e. The molecule has 31 heteroatoms. The highest BCUT2D eigenvalue weighted by atomic mass is 32.1. The molecule has 0 spiro atoms. The summed E-state index contributed by atoms with van der Waals surface area (Å²) in [6.07, 6.45) is 1.21. The maximum absolute atomic E-state index is 15.2. The summed E-state index contributed by atoms with van der Waals surface area (Å²) in [5.41, 5.74) is 0.374. The molecule has 1 aromatic carbocycles. The molecular weight excluding hydrogens is 1450 g/mol. The second-order valence-corrected chi connectivity index (χ2v) is 32.7. The number of nitrogens with zero attached hydrogens (tertiary/aromatic N) is 1. The van der Waals surface area contributed by atoms with E-state index in [1.54, 1.807) is 139 Å². The molecule has 2 saturated heterocycles. The minimum Gasteiger partial charge on any atom is -0.458 e. The normalized spacial score (nSPS) is 22.0. The molecule has 0 unspecified atom stereocenters. The monoisotopic (exact) mass is 1570 g/mol. The van der Waals surface area contributed by atoms with E-state index in [4.69, 9.17) is 4.74 Å². The second kappa shape index (κ2) is 46.2. The molecule has 2 aliphatic rings. The van der Waals surface area contributed by atoms with Crippen molar-refractivity contribution in [3.63, 3.8) is 0 Å². The molecule has 111 heavy (non-hydrogen) atoms. The maximum Gasteiger partial charge on any atom is 0.329 e. The number of hydrogen-bond donors (Lipinski definition) is 14. The van der Waals surface area contributed by atoms with Crippen LogP contribution in [-0.4, -0.2) is 191 Å². The van der Waals surface area contributed by atoms with Crippen LogP contribution in [0.3, 0.4) is 0 Å². The molecule has 14 N–H and O–H groups in total. The third-order valence-corrected chi connectivity index (χ3v) is 21.2. The van der Waals surface area contributed by atoms with Crippen LogP contribution < -0.4 is 69.1 Å². The Kier molecular flexibility index (Phi) is 39.4. The van der Waals surface area contributed by atoms with Gasteiger partial charge >= 0.3 is 5.97 Å². The van der Waals surface area contributed by atoms with Crippen molar-refractivity contribution >= 4 is 94.1 Å². The van der Waals surface area contributed by atoms with Crippen LogP contribution in [0.25, 0.3) is 0 Å². The fraction of sp³-hybridized carbons (Fsp3) is 0.675. The lowest BCUT2D eigenvalue weighted by molar-refractivity contribution is -0.157. The lowest BCUT2D eigenvalue weighted by Gasteiger charge is -2.34. The van der Waals surface area contributed by atoms with Crippen LogP contribution in [0.4, 0.5) is 0 Å². The summed E-state index contributed by atoms with van der Waals surface area (Å²) in [6, 6.07) is -3.78. The molecule has 620 valence electrons. The summed E-state index contributed by atoms with van der Waals surface area (Å²) in [7, 11) is 0. The van der Waals surface area contributed by atoms with Crippen molar-refractivity contribution in [1.29, 1.82) is 0 Å². The van der Waals surface area contributed by atoms with E-state index < -0.39 is 203 Å². The van der Waals surface area contributed by atoms with E-state index in [2.05, 4.69) is 69.1 Å². The zero-order valence-corrected chi connectivity index (χ0v) is 69.3. The van der Waals surface area contributed by atoms with Gasteiger partial charge in [-0.3, -0.25) is 62.3 Å². The fourth-order valence-electron chi connectivity index (χ4n) is 12.9. The third-order valence-electron chi connectivity index (χ3n) is 20.3. The van der Waals surface area contributed by atoms with E-state index in [-0.39, 0.29) is 50.3 Å². The zero-order chi connectivity index (χ0) is 83.3. The number of carbonyl (C=O) groups excluding carboxylic acids is 14. The number of allylic oxidation sites excluding steroid dienone is 1. The SMILES string of the molecule is C/C=C1\NC(=O)[C@@H](Cc2ccccc2)NC(=O)[C@@H](C(C)C)NC(=O)[C@@H]([C@@H](C)CC)NC(=O)[C@H](NC(=O)[C@@H](NC(=O)[C@H](CCCNCc2cccs2)NC(=O)[C@H]2CCCN2C(=O)[C@H](NC(=O)[C@@H](NC(=O)[C@H](NC(=O)[C@H](NC(=O)CCCC(C)C)C(C)C)[C@@H](C)O)C(C)C)C(C)C)[C@H](C)CC)[C@H](C)OC(=O)[C@H](C(C)C)NC1=O. The number of aliphatic hydroxyl groups excluding tert-OH is 1. The molecule has 4 rings (SSSR count). The summed E-state index contributed by atoms with van der Waals surface area (Å²) in [6.45, 7) is 32.7. The second-order valence-electron chi connectivity index (χ2n) is 31.7. The number of nitrogens with one attached hydrogen (secondary N) is 13. The Bertz CT molecular complexity index is 3480. The summed E-state index contributed by atoms with van der Waals surface area (Å²) >= 11 is 1.55. The van der Waals surface area contributed by atoms with Gasteiger partial charge < -0.3 is 83.9 Å². The Morgan fingerprint density at radius 1 is 0.613 bits per heavy atom. The molecule has 0 aliphatic carbocycles. The van der Waals surface area contributed by atoms with E-state index in [1.807, 2.05) is 31.4 Å². The zero-order valence-electron chi connectivity index (χ0n) is 68.5. The highest BCUT2D eigenvalue weighted by molar-refractivity contribution is 7.09. The maximum atomic E-state index is 15.2. The van der Waals surface area contributed by atoms with Crippen LogP contribution in [0.15, 0.2) is 59.6 Å². The van der Waals surface area contributed by atoms with Crippen LogP contribution >= 0.6 is 11.3 Å². The van der Waals surface area contributed by atoms with E-state index in [0.717, 1.165) is 11.3 Å². The molecule has 30 nitrogen and oxygen atoms in total. The molecule has 0 saturated carbocycles. The first-order valence-electron chi connectivity index (χ1n) is 39.5. The number of esters is 1. The van der Waals surface area contributed by atoms with Gasteiger partial charge in [0.05, 0.1) is 6.10 Å². The summed E-state index contributed by atoms with van der Waals surface area (Å²) in [4.78, 5) is 205. The first-order valence-corrected chi connectivity index (χ1v) is 40.4. The number of benzene rings is 1. The van der Waals surface area contributed by atoms with Crippen molar-refractivity contribution in [3.05, 3.63) is 70.1 Å². The van der Waals surface area contributed by atoms with Crippen LogP contribution in [0.5, 0.6) is 0 Å². The van der Waals surface area contributed by atoms with E-state index in [0.29, 0.717) is 50.3 Å². The molecule has 13 amide bonds. The van der Waals surface area contributed by atoms with Crippen molar-refractivity contribution in [2.24, 2.45) is 47.3 Å². The van der Waals surface area contributed by atoms with Crippen molar-refractivity contribution in [3.8, 4) is 0 Å². The average Bonchev–Trinajstić information content (AvgIpc) is 1.73. The number of aliphatic hydroxyl groups is 1. The predicted molar refractivity (Wildman–Crippen MR) is 422 cm³/mol. The fourth-order valence-corrected chi connectivity index (χ4v) is 13.5. The quantitative estimate of drug-likeness (QED) is 0.0262. The van der Waals surface area contributed by atoms with E-state index in [1.165, 1.54) is 31.7 Å². The Balaban J connectivity index is 1.69. The van der Waals surface area contributed by atoms with E-state index in [9.17, 15) is 57.8 Å². The Morgan fingerprint density at radius 3 is 1.75 bits per heavy atom. The number of likely N-dealkylation sites (tertiary alicyclic amines) is 1. The van der Waals surface area contributed by atoms with E-state index >= 15 is 14.4 Å². The number of cyclic esters (lactones) is 1. The average molecular weight is 1570 g/mol. The molecule has 0 bridgehead atoms. The van der Waals surface area contributed by atoms with Crippen molar-refractivity contribution in [2.45, 2.75) is 287 Å². The summed E-state index contributed by atoms with van der Waals surface area (Å²) in [5, 5.41) is 48.9. The number of thiophene rings is 1. The Labute approximate surface area is 659 Å². The van der Waals surface area contributed by atoms with Crippen LogP contribution in [0.1, 0.15) is 200 Å². The van der Waals surface area contributed by atoms with Crippen molar-refractivity contribution < 1.29 is 77.0 Å². The van der Waals surface area contributed by atoms with Gasteiger partial charge in [0.15, 0.2) is 0 Å². The van der Waals surface area contributed by atoms with Crippen molar-refractivity contribution in [2.75, 3.05) is 13.1 Å². The Hall–Kier alpha value is -8.84. The molecule has 2 aromatic rings. The first-order chi connectivity index (χ1) is 52.3. The van der Waals surface area contributed by atoms with Gasteiger partial charge in [-0.2, -0.15) is 0 Å². The topological polar surface area (TPSA) is 428 Å². The minimum atomic E-state index is -1.83. The van der Waals surface area contributed by atoms with Gasteiger partial charge in [0.2, 0.25) is 70.9 Å². The molecular formula is C80H128N14O16S. The van der Waals surface area contributed by atoms with Gasteiger partial charge in [0, 0.05) is 30.8 Å². The lowest BCUT2D eigenvalue weighted by Crippen LogP contribution is -2.64. The predicted octanol–water partition coefficient (Wildman–Crippen LogP) is 3.73. The smallest absolute Gasteiger partial charge is 0.329 e. The number of rotatable bonds is 36. The number of carbonyl (C=O) groups is 14. The molecule has 0 radical (unpaired) electrons. The van der Waals surface area contributed by atoms with Crippen LogP contribution in [0.2, 0.25) is 0 Å². The van der Waals surface area contributed by atoms with Crippen LogP contribution in [0, 0.1) is 47.3 Å². The van der Waals surface area contributed by atoms with Gasteiger partial charge in [-0.15, -0.1) is 11.3 Å². The third kappa shape index (κ3) is 29.3. The van der Waals surface area contributed by atoms with Gasteiger partial charge in [-0.05, 0) is 124 Å². The van der Waals surface area contributed by atoms with Crippen molar-refractivity contribution in [1.82, 2.24) is 74.0 Å². The minimum absolute atomic E-state index is 0.00465. The standard InChI is InChI=1S/C80H128N14O16S/c1-20-48(16)64(76(105)93-67-51(19)110-80(109)63(47(14)15)89-68(97)54(22-3)82-70(99)56(40-52-31-24-23-25-32-52)84-72(101)60(44(8)9)86-75(104)65(49(17)21-2)91-78(67)107)90-69(98)55(34-27-37-81-41-53-33-29-39-111-53)83-71(100)57-35-28-38-94(57)79(108)62(46(12)13)88-74(103)61(45(10)11)87-77(106)66(50(18)95)92-73(102)59(43(6)7)85-58(96)36-26-30-42(4)5/h22-25,29,31-33,39,42-51,55-57,59-67,81,95H,20-21,26-28,30,34-38,40-41H2,1-19H3,(H,82,99)(H,83,100)(H,84,101)(H,85,96)(H,86,104)(H,87,106)(H,88,103)(H,89,97)(H,90,98)(H,91,107)(H,92,102)(H,93,105)/b54-22-/t48-,49+,50-,51+,55+,56-,57-,59-,60-,61+,62-,63+,64+,65-,66-,67-/m1/s1. The highest BCUT2D eigenvalue weighted by Gasteiger charge is 2.45. The number of hydrogen-bond acceptors (Lipinski definition) is 18. The highest BCUT2D eigenvalue weighted by Crippen LogP contribution is 2.24. The lowest BCUT2D eigenvalue weighted by atomic mass is 9.95.